The van der Waals surface area contributed by atoms with Gasteiger partial charge in [-0.2, -0.15) is 8.78 Å². The molecular formula is C19H21F2N5O2. The quantitative estimate of drug-likeness (QED) is 0.601. The zero-order valence-corrected chi connectivity index (χ0v) is 15.7. The molecule has 1 aromatic carbocycles. The zero-order valence-electron chi connectivity index (χ0n) is 15.7. The number of hydrogen-bond acceptors (Lipinski definition) is 5. The number of alkyl halides is 2. The number of amides is 1. The average molecular weight is 389 g/mol. The van der Waals surface area contributed by atoms with Crippen LogP contribution in [0.4, 0.5) is 8.78 Å². The predicted octanol–water partition coefficient (Wildman–Crippen LogP) is 3.00. The molecule has 0 aliphatic heterocycles. The molecule has 28 heavy (non-hydrogen) atoms. The third kappa shape index (κ3) is 4.42. The summed E-state index contributed by atoms with van der Waals surface area (Å²) in [5.41, 5.74) is 8.06. The van der Waals surface area contributed by atoms with E-state index in [1.165, 1.54) is 24.5 Å². The van der Waals surface area contributed by atoms with Crippen molar-refractivity contribution in [1.82, 2.24) is 20.3 Å². The number of nitrogens with zero attached hydrogens (tertiary/aromatic N) is 2. The molecule has 1 amide bonds. The maximum absolute atomic E-state index is 12.4. The van der Waals surface area contributed by atoms with E-state index in [9.17, 15) is 13.6 Å². The largest absolute Gasteiger partial charge is 0.435 e. The van der Waals surface area contributed by atoms with Crippen molar-refractivity contribution < 1.29 is 18.3 Å². The number of carbonyl (C=O) groups excluding carboxylic acids is 1. The van der Waals surface area contributed by atoms with Gasteiger partial charge in [0.15, 0.2) is 0 Å². The van der Waals surface area contributed by atoms with Gasteiger partial charge in [-0.3, -0.25) is 9.78 Å². The first-order chi connectivity index (χ1) is 13.1. The summed E-state index contributed by atoms with van der Waals surface area (Å²) in [6.45, 7) is 2.86. The van der Waals surface area contributed by atoms with Crippen LogP contribution in [0.1, 0.15) is 29.9 Å². The number of nitrogens with one attached hydrogen (secondary N) is 2. The van der Waals surface area contributed by atoms with Gasteiger partial charge >= 0.3 is 6.61 Å². The fourth-order valence-electron chi connectivity index (χ4n) is 2.74. The van der Waals surface area contributed by atoms with E-state index in [1.807, 2.05) is 6.92 Å². The number of H-pyrrole nitrogens is 1. The van der Waals surface area contributed by atoms with Gasteiger partial charge in [0.1, 0.15) is 17.1 Å². The Kier molecular flexibility index (Phi) is 5.28. The normalized spacial score (nSPS) is 11.8. The molecule has 0 spiro atoms. The number of carbonyl (C=O) groups is 1. The topological polar surface area (TPSA) is 106 Å². The van der Waals surface area contributed by atoms with E-state index >= 15 is 0 Å². The Bertz CT molecular complexity index is 1010. The second-order valence-corrected chi connectivity index (χ2v) is 7.17. The molecule has 0 bridgehead atoms. The Balaban J connectivity index is 1.92. The van der Waals surface area contributed by atoms with Crippen molar-refractivity contribution in [3.8, 4) is 17.1 Å². The fraction of sp³-hybridized carbons (Fsp3) is 0.316. The number of ether oxygens (including phenoxy) is 1. The van der Waals surface area contributed by atoms with Crippen molar-refractivity contribution in [2.24, 2.45) is 5.73 Å². The molecule has 9 heteroatoms. The predicted molar refractivity (Wildman–Crippen MR) is 101 cm³/mol. The van der Waals surface area contributed by atoms with Crippen LogP contribution in [0.3, 0.4) is 0 Å². The Morgan fingerprint density at radius 3 is 2.79 bits per heavy atom. The summed E-state index contributed by atoms with van der Waals surface area (Å²) in [5.74, 6) is -0.326. The second kappa shape index (κ2) is 7.51. The van der Waals surface area contributed by atoms with Gasteiger partial charge in [0.05, 0.1) is 18.1 Å². The molecule has 3 aromatic rings. The molecular weight excluding hydrogens is 368 g/mol. The lowest BCUT2D eigenvalue weighted by atomic mass is 10.1. The summed E-state index contributed by atoms with van der Waals surface area (Å²) in [5, 5.41) is 3.55. The minimum absolute atomic E-state index is 0.0545. The number of rotatable bonds is 6. The smallest absolute Gasteiger partial charge is 0.387 e. The van der Waals surface area contributed by atoms with Crippen molar-refractivity contribution in [2.75, 3.05) is 6.54 Å². The molecule has 2 aromatic heterocycles. The Hall–Kier alpha value is -3.07. The number of benzene rings is 1. The molecule has 148 valence electrons. The molecule has 0 unspecified atom stereocenters. The SMILES string of the molecule is Cc1c(-c2cncc(C(=O)NCC(C)(C)N)n2)[nH]c2cc(OC(F)F)ccc12. The number of aryl methyl sites for hydroxylation is 1. The molecule has 2 heterocycles. The third-order valence-corrected chi connectivity index (χ3v) is 4.08. The molecule has 0 radical (unpaired) electrons. The Labute approximate surface area is 160 Å². The van der Waals surface area contributed by atoms with E-state index in [2.05, 4.69) is 25.0 Å². The van der Waals surface area contributed by atoms with Crippen LogP contribution in [-0.4, -0.2) is 39.6 Å². The summed E-state index contributed by atoms with van der Waals surface area (Å²) in [6.07, 6.45) is 2.90. The van der Waals surface area contributed by atoms with E-state index in [0.717, 1.165) is 10.9 Å². The van der Waals surface area contributed by atoms with Gasteiger partial charge in [0, 0.05) is 29.1 Å². The minimum atomic E-state index is -2.90. The van der Waals surface area contributed by atoms with E-state index < -0.39 is 12.2 Å². The zero-order chi connectivity index (χ0) is 20.5. The van der Waals surface area contributed by atoms with E-state index in [0.29, 0.717) is 16.9 Å². The first-order valence-corrected chi connectivity index (χ1v) is 8.61. The van der Waals surface area contributed by atoms with Gasteiger partial charge in [-0.15, -0.1) is 0 Å². The number of aromatic nitrogens is 3. The Morgan fingerprint density at radius 1 is 1.36 bits per heavy atom. The lowest BCUT2D eigenvalue weighted by Crippen LogP contribution is -2.45. The molecule has 4 N–H and O–H groups in total. The molecule has 0 saturated carbocycles. The maximum Gasteiger partial charge on any atom is 0.387 e. The molecule has 0 aliphatic rings. The van der Waals surface area contributed by atoms with Crippen molar-refractivity contribution in [1.29, 1.82) is 0 Å². The van der Waals surface area contributed by atoms with Gasteiger partial charge in [0.25, 0.3) is 5.91 Å². The third-order valence-electron chi connectivity index (χ3n) is 4.08. The number of aromatic amines is 1. The van der Waals surface area contributed by atoms with Crippen LogP contribution in [0.5, 0.6) is 5.75 Å². The van der Waals surface area contributed by atoms with Crippen LogP contribution < -0.4 is 15.8 Å². The summed E-state index contributed by atoms with van der Waals surface area (Å²) in [6, 6.07) is 4.66. The number of nitrogens with two attached hydrogens (primary N) is 1. The lowest BCUT2D eigenvalue weighted by Gasteiger charge is -2.18. The molecule has 0 saturated heterocycles. The van der Waals surface area contributed by atoms with Crippen molar-refractivity contribution >= 4 is 16.8 Å². The van der Waals surface area contributed by atoms with Gasteiger partial charge in [-0.1, -0.05) is 0 Å². The van der Waals surface area contributed by atoms with E-state index in [4.69, 9.17) is 5.73 Å². The van der Waals surface area contributed by atoms with Gasteiger partial charge < -0.3 is 20.8 Å². The highest BCUT2D eigenvalue weighted by Gasteiger charge is 2.17. The van der Waals surface area contributed by atoms with Crippen molar-refractivity contribution in [3.63, 3.8) is 0 Å². The molecule has 3 rings (SSSR count). The molecule has 7 nitrogen and oxygen atoms in total. The summed E-state index contributed by atoms with van der Waals surface area (Å²) in [7, 11) is 0. The van der Waals surface area contributed by atoms with E-state index in [1.54, 1.807) is 19.9 Å². The highest BCUT2D eigenvalue weighted by atomic mass is 19.3. The summed E-state index contributed by atoms with van der Waals surface area (Å²) < 4.78 is 29.3. The molecule has 0 fully saturated rings. The van der Waals surface area contributed by atoms with Crippen LogP contribution in [0.15, 0.2) is 30.6 Å². The van der Waals surface area contributed by atoms with Crippen LogP contribution >= 0.6 is 0 Å². The lowest BCUT2D eigenvalue weighted by molar-refractivity contribution is -0.0497. The summed E-state index contributed by atoms with van der Waals surface area (Å²) in [4.78, 5) is 23.9. The molecule has 0 atom stereocenters. The number of hydrogen-bond donors (Lipinski definition) is 3. The van der Waals surface area contributed by atoms with Gasteiger partial charge in [-0.25, -0.2) is 4.98 Å². The number of fused-ring (bicyclic) bond motifs is 1. The van der Waals surface area contributed by atoms with Crippen LogP contribution in [-0.2, 0) is 0 Å². The standard InChI is InChI=1S/C19H21F2N5O2/c1-10-12-5-4-11(28-18(20)21)6-13(12)26-16(10)14-7-23-8-15(25-14)17(27)24-9-19(2,3)22/h4-8,18,26H,9,22H2,1-3H3,(H,24,27). The van der Waals surface area contributed by atoms with Crippen molar-refractivity contribution in [2.45, 2.75) is 32.9 Å². The first kappa shape index (κ1) is 19.7. The second-order valence-electron chi connectivity index (χ2n) is 7.17. The highest BCUT2D eigenvalue weighted by molar-refractivity contribution is 5.93. The Morgan fingerprint density at radius 2 is 2.11 bits per heavy atom. The number of halogens is 2. The van der Waals surface area contributed by atoms with Gasteiger partial charge in [-0.05, 0) is 38.5 Å². The van der Waals surface area contributed by atoms with Gasteiger partial charge in [0.2, 0.25) is 0 Å². The maximum atomic E-state index is 12.4. The first-order valence-electron chi connectivity index (χ1n) is 8.61. The van der Waals surface area contributed by atoms with Crippen LogP contribution in [0.25, 0.3) is 22.3 Å². The van der Waals surface area contributed by atoms with E-state index in [-0.39, 0.29) is 23.9 Å². The van der Waals surface area contributed by atoms with Crippen molar-refractivity contribution in [3.05, 3.63) is 41.9 Å². The van der Waals surface area contributed by atoms with Crippen LogP contribution in [0, 0.1) is 6.92 Å². The highest BCUT2D eigenvalue weighted by Crippen LogP contribution is 2.31. The fourth-order valence-corrected chi connectivity index (χ4v) is 2.74. The minimum Gasteiger partial charge on any atom is -0.435 e. The average Bonchev–Trinajstić information content (AvgIpc) is 2.95. The summed E-state index contributed by atoms with van der Waals surface area (Å²) >= 11 is 0. The monoisotopic (exact) mass is 389 g/mol. The van der Waals surface area contributed by atoms with Crippen LogP contribution in [0.2, 0.25) is 0 Å². The molecule has 0 aliphatic carbocycles.